The highest BCUT2D eigenvalue weighted by molar-refractivity contribution is 7.47. The van der Waals surface area contributed by atoms with Gasteiger partial charge in [-0.3, -0.25) is 18.6 Å². The van der Waals surface area contributed by atoms with Crippen molar-refractivity contribution in [2.45, 2.75) is 123 Å². The number of phosphoric acid groups is 1. The van der Waals surface area contributed by atoms with E-state index in [1.807, 2.05) is 45.4 Å². The van der Waals surface area contributed by atoms with Crippen LogP contribution in [0.25, 0.3) is 0 Å². The Labute approximate surface area is 376 Å². The Kier molecular flexibility index (Phi) is 39.4. The molecule has 0 aliphatic rings. The number of nitrogens with zero attached hydrogens (tertiary/aromatic N) is 1. The van der Waals surface area contributed by atoms with Crippen molar-refractivity contribution < 1.29 is 42.1 Å². The molecule has 2 unspecified atom stereocenters. The molecule has 346 valence electrons. The average molecular weight is 879 g/mol. The fourth-order valence-electron chi connectivity index (χ4n) is 4.95. The molecule has 0 spiro atoms. The minimum absolute atomic E-state index is 0.00271. The fraction of sp³-hybridized carbons (Fsp3) is 0.500. The molecule has 0 aromatic heterocycles. The van der Waals surface area contributed by atoms with Gasteiger partial charge in [-0.05, 0) is 89.9 Å². The topological polar surface area (TPSA) is 108 Å². The van der Waals surface area contributed by atoms with Gasteiger partial charge in [0.15, 0.2) is 6.10 Å². The van der Waals surface area contributed by atoms with Gasteiger partial charge < -0.3 is 18.9 Å². The molecule has 0 radical (unpaired) electrons. The SMILES string of the molecule is CC/C=C\C/C=C\C/C=C\C/C=C\C/C=C\C/C=C\CCC(=O)OCC(COP(=O)(O)OCC[N+](C)(C)C)OC(=O)CC/C=C\C/C=C\C/C=C\C/C=C\C/C=C\C/C=C\CC. The summed E-state index contributed by atoms with van der Waals surface area (Å²) in [6.45, 7) is 3.97. The first-order chi connectivity index (χ1) is 30.0. The number of ether oxygens (including phenoxy) is 2. The predicted molar refractivity (Wildman–Crippen MR) is 260 cm³/mol. The summed E-state index contributed by atoms with van der Waals surface area (Å²) in [5.74, 6) is -1.01. The molecular formula is C52H81NO8P+. The first-order valence-electron chi connectivity index (χ1n) is 22.6. The summed E-state index contributed by atoms with van der Waals surface area (Å²) >= 11 is 0. The van der Waals surface area contributed by atoms with Gasteiger partial charge in [0.05, 0.1) is 27.7 Å². The molecule has 0 fully saturated rings. The van der Waals surface area contributed by atoms with Gasteiger partial charge in [0, 0.05) is 12.8 Å². The molecule has 0 aliphatic heterocycles. The lowest BCUT2D eigenvalue weighted by molar-refractivity contribution is -0.870. The summed E-state index contributed by atoms with van der Waals surface area (Å²) in [7, 11) is 1.36. The molecule has 0 rings (SSSR count). The highest BCUT2D eigenvalue weighted by atomic mass is 31.2. The maximum Gasteiger partial charge on any atom is 0.472 e. The molecule has 0 aromatic rings. The summed E-state index contributed by atoms with van der Waals surface area (Å²) in [6, 6.07) is 0. The summed E-state index contributed by atoms with van der Waals surface area (Å²) in [4.78, 5) is 35.3. The van der Waals surface area contributed by atoms with E-state index in [1.165, 1.54) is 0 Å². The molecular weight excluding hydrogens is 798 g/mol. The average Bonchev–Trinajstić information content (AvgIpc) is 3.23. The number of hydrogen-bond acceptors (Lipinski definition) is 7. The van der Waals surface area contributed by atoms with E-state index < -0.39 is 32.5 Å². The largest absolute Gasteiger partial charge is 0.472 e. The highest BCUT2D eigenvalue weighted by Crippen LogP contribution is 2.43. The number of hydrogen-bond donors (Lipinski definition) is 1. The number of quaternary nitrogens is 1. The maximum atomic E-state index is 12.7. The molecule has 0 aromatic carbocycles. The Bertz CT molecular complexity index is 1550. The number of carbonyl (C=O) groups excluding carboxylic acids is 2. The van der Waals surface area contributed by atoms with Crippen LogP contribution in [0.15, 0.2) is 146 Å². The van der Waals surface area contributed by atoms with Gasteiger partial charge >= 0.3 is 19.8 Å². The van der Waals surface area contributed by atoms with Gasteiger partial charge in [-0.15, -0.1) is 0 Å². The van der Waals surface area contributed by atoms with Crippen LogP contribution in [0.5, 0.6) is 0 Å². The van der Waals surface area contributed by atoms with Crippen molar-refractivity contribution in [3.05, 3.63) is 146 Å². The third-order valence-corrected chi connectivity index (χ3v) is 9.38. The molecule has 2 atom stereocenters. The number of carbonyl (C=O) groups is 2. The van der Waals surface area contributed by atoms with Crippen LogP contribution >= 0.6 is 7.82 Å². The van der Waals surface area contributed by atoms with E-state index >= 15 is 0 Å². The smallest absolute Gasteiger partial charge is 0.462 e. The second kappa shape index (κ2) is 42.2. The molecule has 0 amide bonds. The van der Waals surface area contributed by atoms with E-state index in [2.05, 4.69) is 135 Å². The normalized spacial score (nSPS) is 14.9. The lowest BCUT2D eigenvalue weighted by atomic mass is 10.2. The maximum absolute atomic E-state index is 12.7. The fourth-order valence-corrected chi connectivity index (χ4v) is 5.69. The predicted octanol–water partition coefficient (Wildman–Crippen LogP) is 13.2. The van der Waals surface area contributed by atoms with Gasteiger partial charge in [0.25, 0.3) is 0 Å². The number of allylic oxidation sites excluding steroid dienone is 24. The quantitative estimate of drug-likeness (QED) is 0.0283. The van der Waals surface area contributed by atoms with Gasteiger partial charge in [-0.25, -0.2) is 4.57 Å². The van der Waals surface area contributed by atoms with Crippen molar-refractivity contribution in [2.24, 2.45) is 0 Å². The van der Waals surface area contributed by atoms with Crippen molar-refractivity contribution in [2.75, 3.05) is 47.5 Å². The third kappa shape index (κ3) is 45.4. The summed E-state index contributed by atoms with van der Waals surface area (Å²) in [5.41, 5.74) is 0. The zero-order chi connectivity index (χ0) is 45.7. The molecule has 0 aliphatic carbocycles. The minimum Gasteiger partial charge on any atom is -0.462 e. The number of phosphoric ester groups is 1. The minimum atomic E-state index is -4.43. The lowest BCUT2D eigenvalue weighted by Crippen LogP contribution is -2.37. The van der Waals surface area contributed by atoms with Gasteiger partial charge in [-0.2, -0.15) is 0 Å². The van der Waals surface area contributed by atoms with E-state index in [0.717, 1.165) is 77.0 Å². The zero-order valence-electron chi connectivity index (χ0n) is 38.8. The first kappa shape index (κ1) is 57.9. The first-order valence-corrected chi connectivity index (χ1v) is 24.1. The molecule has 0 bridgehead atoms. The standard InChI is InChI=1S/C52H80NO8P/c1-6-8-10-12-14-16-18-20-22-24-26-28-30-32-34-36-38-40-42-44-51(54)58-48-50(49-60-62(56,57)59-47-46-53(3,4)5)61-52(55)45-43-41-39-37-35-33-31-29-27-25-23-21-19-17-15-13-11-9-7-2/h8-11,14-17,20-23,26-29,32-35,38-41,50H,6-7,12-13,18-19,24-25,30-31,36-37,42-49H2,1-5H3/p+1/b10-8-,11-9-,16-14-,17-15-,22-20-,23-21-,28-26-,29-27-,34-32-,35-33-,40-38-,41-39-. The molecule has 62 heavy (non-hydrogen) atoms. The number of likely N-dealkylation sites (N-methyl/N-ethyl adjacent to an activating group) is 1. The van der Waals surface area contributed by atoms with E-state index in [1.54, 1.807) is 0 Å². The molecule has 0 saturated carbocycles. The molecule has 10 heteroatoms. The van der Waals surface area contributed by atoms with Crippen molar-refractivity contribution in [3.63, 3.8) is 0 Å². The Balaban J connectivity index is 4.63. The molecule has 1 N–H and O–H groups in total. The van der Waals surface area contributed by atoms with Gasteiger partial charge in [0.1, 0.15) is 19.8 Å². The third-order valence-electron chi connectivity index (χ3n) is 8.39. The van der Waals surface area contributed by atoms with Crippen LogP contribution in [0.4, 0.5) is 0 Å². The van der Waals surface area contributed by atoms with Crippen molar-refractivity contribution in [3.8, 4) is 0 Å². The van der Waals surface area contributed by atoms with Crippen LogP contribution in [0, 0.1) is 0 Å². The van der Waals surface area contributed by atoms with Crippen molar-refractivity contribution in [1.82, 2.24) is 0 Å². The molecule has 0 saturated heterocycles. The second-order valence-corrected chi connectivity index (χ2v) is 16.8. The summed E-state index contributed by atoms with van der Waals surface area (Å²) in [5, 5.41) is 0. The van der Waals surface area contributed by atoms with Crippen LogP contribution in [-0.2, 0) is 32.7 Å². The van der Waals surface area contributed by atoms with E-state index in [-0.39, 0.29) is 26.1 Å². The summed E-state index contributed by atoms with van der Waals surface area (Å²) < 4.78 is 34.1. The Hall–Kier alpha value is -4.11. The van der Waals surface area contributed by atoms with Crippen LogP contribution < -0.4 is 0 Å². The number of esters is 2. The Morgan fingerprint density at radius 3 is 1.15 bits per heavy atom. The zero-order valence-corrected chi connectivity index (χ0v) is 39.7. The van der Waals surface area contributed by atoms with Gasteiger partial charge in [0.2, 0.25) is 0 Å². The Morgan fingerprint density at radius 1 is 0.484 bits per heavy atom. The van der Waals surface area contributed by atoms with Crippen molar-refractivity contribution >= 4 is 19.8 Å². The van der Waals surface area contributed by atoms with Gasteiger partial charge in [-0.1, -0.05) is 160 Å². The molecule has 0 heterocycles. The Morgan fingerprint density at radius 2 is 0.806 bits per heavy atom. The van der Waals surface area contributed by atoms with Crippen LogP contribution in [0.2, 0.25) is 0 Å². The van der Waals surface area contributed by atoms with Crippen LogP contribution in [-0.4, -0.2) is 74.9 Å². The van der Waals surface area contributed by atoms with E-state index in [4.69, 9.17) is 18.5 Å². The van der Waals surface area contributed by atoms with E-state index in [0.29, 0.717) is 23.9 Å². The van der Waals surface area contributed by atoms with Crippen molar-refractivity contribution in [1.29, 1.82) is 0 Å². The lowest BCUT2D eigenvalue weighted by Gasteiger charge is -2.24. The van der Waals surface area contributed by atoms with Crippen LogP contribution in [0.1, 0.15) is 117 Å². The van der Waals surface area contributed by atoms with Crippen LogP contribution in [0.3, 0.4) is 0 Å². The van der Waals surface area contributed by atoms with E-state index in [9.17, 15) is 19.0 Å². The molecule has 9 nitrogen and oxygen atoms in total. The number of rotatable bonds is 38. The monoisotopic (exact) mass is 879 g/mol. The second-order valence-electron chi connectivity index (χ2n) is 15.3. The summed E-state index contributed by atoms with van der Waals surface area (Å²) in [6.07, 6.45) is 62.2. The highest BCUT2D eigenvalue weighted by Gasteiger charge is 2.27.